The van der Waals surface area contributed by atoms with Crippen molar-refractivity contribution in [2.24, 2.45) is 0 Å². The second-order valence-electron chi connectivity index (χ2n) is 4.20. The van der Waals surface area contributed by atoms with Gasteiger partial charge in [-0.3, -0.25) is 0 Å². The lowest BCUT2D eigenvalue weighted by Gasteiger charge is -2.14. The molecule has 1 N–H and O–H groups in total. The maximum atomic E-state index is 12.1. The summed E-state index contributed by atoms with van der Waals surface area (Å²) >= 11 is 0. The van der Waals surface area contributed by atoms with Gasteiger partial charge in [0.15, 0.2) is 0 Å². The smallest absolute Gasteiger partial charge is 0.478 e. The number of aliphatic carboxylic acids is 1. The van der Waals surface area contributed by atoms with Gasteiger partial charge in [-0.2, -0.15) is 0 Å². The Morgan fingerprint density at radius 3 is 2.68 bits per heavy atom. The van der Waals surface area contributed by atoms with Crippen LogP contribution in [0.15, 0.2) is 29.8 Å². The fraction of sp³-hybridized carbons (Fsp3) is 0.250. The highest BCUT2D eigenvalue weighted by atomic mass is 19.4. The van der Waals surface area contributed by atoms with E-state index in [0.717, 1.165) is 0 Å². The highest BCUT2D eigenvalue weighted by Gasteiger charge is 2.42. The normalized spacial score (nSPS) is 24.1. The van der Waals surface area contributed by atoms with E-state index in [-0.39, 0.29) is 11.3 Å². The van der Waals surface area contributed by atoms with E-state index in [1.54, 1.807) is 0 Å². The van der Waals surface area contributed by atoms with Crippen molar-refractivity contribution in [3.63, 3.8) is 0 Å². The molecule has 2 aliphatic heterocycles. The standard InChI is InChI=1S/C12H7F3O4/c13-12(14,15)19-5-1-2-6-7(3-5)10-8(11(16)17)4-9(6)18-10/h1-4,9-10H,(H,16,17)/t9-,10+/m1/s1. The van der Waals surface area contributed by atoms with Gasteiger partial charge in [-0.1, -0.05) is 6.07 Å². The molecule has 0 unspecified atom stereocenters. The molecular formula is C12H7F3O4. The maximum Gasteiger partial charge on any atom is 0.573 e. The zero-order valence-electron chi connectivity index (χ0n) is 9.27. The van der Waals surface area contributed by atoms with Crippen LogP contribution in [0.25, 0.3) is 0 Å². The van der Waals surface area contributed by atoms with Gasteiger partial charge in [0, 0.05) is 0 Å². The van der Waals surface area contributed by atoms with E-state index in [1.807, 2.05) is 0 Å². The lowest BCUT2D eigenvalue weighted by Crippen LogP contribution is -2.17. The average Bonchev–Trinajstić information content (AvgIpc) is 2.84. The van der Waals surface area contributed by atoms with Crippen LogP contribution in [-0.2, 0) is 9.53 Å². The van der Waals surface area contributed by atoms with Gasteiger partial charge >= 0.3 is 12.3 Å². The monoisotopic (exact) mass is 272 g/mol. The van der Waals surface area contributed by atoms with E-state index in [9.17, 15) is 18.0 Å². The average molecular weight is 272 g/mol. The predicted molar refractivity (Wildman–Crippen MR) is 55.4 cm³/mol. The third-order valence-corrected chi connectivity index (χ3v) is 3.02. The van der Waals surface area contributed by atoms with Crippen molar-refractivity contribution in [2.75, 3.05) is 0 Å². The van der Waals surface area contributed by atoms with Crippen molar-refractivity contribution in [3.8, 4) is 5.75 Å². The molecule has 0 fully saturated rings. The third kappa shape index (κ3) is 1.95. The summed E-state index contributed by atoms with van der Waals surface area (Å²) in [7, 11) is 0. The Bertz CT molecular complexity index is 591. The van der Waals surface area contributed by atoms with Crippen LogP contribution < -0.4 is 4.74 Å². The Hall–Kier alpha value is -2.02. The molecule has 2 heterocycles. The van der Waals surface area contributed by atoms with E-state index < -0.39 is 24.5 Å². The van der Waals surface area contributed by atoms with E-state index in [1.165, 1.54) is 24.3 Å². The van der Waals surface area contributed by atoms with Gasteiger partial charge < -0.3 is 14.6 Å². The molecule has 0 amide bonds. The van der Waals surface area contributed by atoms with Crippen molar-refractivity contribution in [1.82, 2.24) is 0 Å². The van der Waals surface area contributed by atoms with Crippen LogP contribution in [0.4, 0.5) is 13.2 Å². The first-order chi connectivity index (χ1) is 8.85. The molecular weight excluding hydrogens is 265 g/mol. The number of ether oxygens (including phenoxy) is 2. The Morgan fingerprint density at radius 2 is 2.05 bits per heavy atom. The minimum absolute atomic E-state index is 0.0432. The van der Waals surface area contributed by atoms with Crippen molar-refractivity contribution in [2.45, 2.75) is 18.6 Å². The molecule has 2 bridgehead atoms. The first-order valence-corrected chi connectivity index (χ1v) is 5.35. The summed E-state index contributed by atoms with van der Waals surface area (Å²) in [6.07, 6.45) is -4.65. The number of carboxylic acid groups (broad SMARTS) is 1. The van der Waals surface area contributed by atoms with Gasteiger partial charge in [-0.15, -0.1) is 13.2 Å². The van der Waals surface area contributed by atoms with E-state index in [0.29, 0.717) is 11.1 Å². The summed E-state index contributed by atoms with van der Waals surface area (Å²) in [6.45, 7) is 0. The van der Waals surface area contributed by atoms with Crippen LogP contribution in [0, 0.1) is 0 Å². The Kier molecular flexibility index (Phi) is 2.37. The molecule has 2 aliphatic rings. The molecule has 19 heavy (non-hydrogen) atoms. The summed E-state index contributed by atoms with van der Waals surface area (Å²) in [6, 6.07) is 3.81. The summed E-state index contributed by atoms with van der Waals surface area (Å²) < 4.78 is 45.6. The molecule has 4 nitrogen and oxygen atoms in total. The number of carboxylic acids is 1. The molecule has 0 spiro atoms. The molecule has 2 atom stereocenters. The first-order valence-electron chi connectivity index (χ1n) is 5.35. The van der Waals surface area contributed by atoms with Gasteiger partial charge in [0.2, 0.25) is 0 Å². The molecule has 0 radical (unpaired) electrons. The molecule has 0 aromatic heterocycles. The molecule has 0 aliphatic carbocycles. The third-order valence-electron chi connectivity index (χ3n) is 3.02. The minimum Gasteiger partial charge on any atom is -0.478 e. The van der Waals surface area contributed by atoms with Crippen molar-refractivity contribution in [3.05, 3.63) is 41.0 Å². The lowest BCUT2D eigenvalue weighted by molar-refractivity contribution is -0.274. The molecule has 1 aromatic rings. The predicted octanol–water partition coefficient (Wildman–Crippen LogP) is 2.72. The van der Waals surface area contributed by atoms with Crippen molar-refractivity contribution >= 4 is 5.97 Å². The Labute approximate surface area is 105 Å². The number of hydrogen-bond donors (Lipinski definition) is 1. The van der Waals surface area contributed by atoms with Crippen LogP contribution in [0.1, 0.15) is 23.3 Å². The van der Waals surface area contributed by atoms with Crippen molar-refractivity contribution in [1.29, 1.82) is 0 Å². The molecule has 1 aromatic carbocycles. The number of rotatable bonds is 2. The minimum atomic E-state index is -4.78. The zero-order valence-corrected chi connectivity index (χ0v) is 9.27. The summed E-state index contributed by atoms with van der Waals surface area (Å²) in [5.74, 6) is -1.52. The van der Waals surface area contributed by atoms with Crippen LogP contribution >= 0.6 is 0 Å². The quantitative estimate of drug-likeness (QED) is 0.899. The van der Waals surface area contributed by atoms with Gasteiger partial charge in [-0.25, -0.2) is 4.79 Å². The molecule has 0 saturated heterocycles. The summed E-state index contributed by atoms with van der Waals surface area (Å²) in [5.41, 5.74) is 1.12. The van der Waals surface area contributed by atoms with Gasteiger partial charge in [0.05, 0.1) is 5.57 Å². The van der Waals surface area contributed by atoms with Crippen LogP contribution in [-0.4, -0.2) is 17.4 Å². The summed E-state index contributed by atoms with van der Waals surface area (Å²) in [5, 5.41) is 8.96. The van der Waals surface area contributed by atoms with E-state index in [2.05, 4.69) is 4.74 Å². The molecule has 7 heteroatoms. The van der Waals surface area contributed by atoms with Crippen LogP contribution in [0.5, 0.6) is 5.75 Å². The number of halogens is 3. The number of fused-ring (bicyclic) bond motifs is 5. The van der Waals surface area contributed by atoms with Gasteiger partial charge in [0.1, 0.15) is 18.0 Å². The summed E-state index contributed by atoms with van der Waals surface area (Å²) in [4.78, 5) is 11.0. The van der Waals surface area contributed by atoms with E-state index in [4.69, 9.17) is 9.84 Å². The molecule has 3 rings (SSSR count). The van der Waals surface area contributed by atoms with Gasteiger partial charge in [-0.05, 0) is 29.3 Å². The number of alkyl halides is 3. The number of benzene rings is 1. The second-order valence-corrected chi connectivity index (χ2v) is 4.20. The van der Waals surface area contributed by atoms with Gasteiger partial charge in [0.25, 0.3) is 0 Å². The Balaban J connectivity index is 1.95. The maximum absolute atomic E-state index is 12.1. The molecule has 0 saturated carbocycles. The topological polar surface area (TPSA) is 55.8 Å². The SMILES string of the molecule is O=C(O)C1=C[C@H]2O[C@H]1c1cc(OC(F)(F)F)ccc12. The fourth-order valence-electron chi connectivity index (χ4n) is 2.33. The second kappa shape index (κ2) is 3.74. The number of hydrogen-bond acceptors (Lipinski definition) is 3. The fourth-order valence-corrected chi connectivity index (χ4v) is 2.33. The lowest BCUT2D eigenvalue weighted by atomic mass is 9.91. The van der Waals surface area contributed by atoms with E-state index >= 15 is 0 Å². The molecule has 100 valence electrons. The van der Waals surface area contributed by atoms with Crippen LogP contribution in [0.2, 0.25) is 0 Å². The highest BCUT2D eigenvalue weighted by Crippen LogP contribution is 2.50. The Morgan fingerprint density at radius 1 is 1.32 bits per heavy atom. The zero-order chi connectivity index (χ0) is 13.8. The van der Waals surface area contributed by atoms with Crippen molar-refractivity contribution < 1.29 is 32.5 Å². The number of carbonyl (C=O) groups is 1. The largest absolute Gasteiger partial charge is 0.573 e. The van der Waals surface area contributed by atoms with Crippen LogP contribution in [0.3, 0.4) is 0 Å². The highest BCUT2D eigenvalue weighted by molar-refractivity contribution is 5.89. The first kappa shape index (κ1) is 12.0.